The van der Waals surface area contributed by atoms with E-state index in [-0.39, 0.29) is 17.1 Å². The van der Waals surface area contributed by atoms with Crippen LogP contribution < -0.4 is 11.3 Å². The summed E-state index contributed by atoms with van der Waals surface area (Å²) in [5, 5.41) is 29.5. The van der Waals surface area contributed by atoms with Crippen LogP contribution in [0.3, 0.4) is 0 Å². The van der Waals surface area contributed by atoms with Crippen LogP contribution in [0.1, 0.15) is 6.23 Å². The highest BCUT2D eigenvalue weighted by Crippen LogP contribution is 2.53. The Bertz CT molecular complexity index is 771. The number of nitrogens with zero attached hydrogens (tertiary/aromatic N) is 3. The maximum absolute atomic E-state index is 11.7. The molecule has 20 heavy (non-hydrogen) atoms. The fourth-order valence-corrected chi connectivity index (χ4v) is 2.67. The number of hydrogen-bond acceptors (Lipinski definition) is 8. The lowest BCUT2D eigenvalue weighted by molar-refractivity contribution is -0.0942. The number of fused-ring (bicyclic) bond motifs is 2. The van der Waals surface area contributed by atoms with E-state index >= 15 is 0 Å². The summed E-state index contributed by atoms with van der Waals surface area (Å²) in [6, 6.07) is 0. The summed E-state index contributed by atoms with van der Waals surface area (Å²) in [5.41, 5.74) is 3.45. The highest BCUT2D eigenvalue weighted by Gasteiger charge is 2.76. The molecule has 4 unspecified atom stereocenters. The van der Waals surface area contributed by atoms with Gasteiger partial charge in [0, 0.05) is 0 Å². The second-order valence-electron chi connectivity index (χ2n) is 5.00. The zero-order valence-electron chi connectivity index (χ0n) is 9.96. The molecule has 4 rings (SSSR count). The molecule has 0 aromatic carbocycles. The van der Waals surface area contributed by atoms with Crippen molar-refractivity contribution in [3.63, 3.8) is 0 Å². The maximum atomic E-state index is 11.7. The fraction of sp³-hybridized carbons (Fsp3) is 0.500. The van der Waals surface area contributed by atoms with E-state index in [1.165, 1.54) is 10.9 Å². The van der Waals surface area contributed by atoms with Gasteiger partial charge in [-0.2, -0.15) is 4.98 Å². The highest BCUT2D eigenvalue weighted by molar-refractivity contribution is 5.70. The van der Waals surface area contributed by atoms with Crippen LogP contribution in [-0.2, 0) is 4.74 Å². The van der Waals surface area contributed by atoms with Crippen molar-refractivity contribution in [1.82, 2.24) is 19.5 Å². The first-order valence-electron chi connectivity index (χ1n) is 5.91. The molecule has 2 aliphatic rings. The van der Waals surface area contributed by atoms with Gasteiger partial charge in [0.05, 0.1) is 6.33 Å². The van der Waals surface area contributed by atoms with E-state index in [9.17, 15) is 20.1 Å². The molecule has 0 radical (unpaired) electrons. The Labute approximate surface area is 110 Å². The first-order chi connectivity index (χ1) is 9.44. The Balaban J connectivity index is 1.83. The Hall–Kier alpha value is -2.01. The SMILES string of the molecule is Nc1nc2c(ncn2[C@@H]2OC3C(O)C3(O)C2O)c(=O)[nH]1. The van der Waals surface area contributed by atoms with Crippen LogP contribution in [0.2, 0.25) is 0 Å². The van der Waals surface area contributed by atoms with Gasteiger partial charge in [-0.15, -0.1) is 0 Å². The number of aromatic nitrogens is 4. The van der Waals surface area contributed by atoms with Crippen molar-refractivity contribution in [2.45, 2.75) is 30.1 Å². The third kappa shape index (κ3) is 1.19. The average molecular weight is 281 g/mol. The van der Waals surface area contributed by atoms with Gasteiger partial charge in [-0.25, -0.2) is 4.98 Å². The zero-order chi connectivity index (χ0) is 14.2. The minimum atomic E-state index is -1.69. The van der Waals surface area contributed by atoms with E-state index < -0.39 is 35.7 Å². The summed E-state index contributed by atoms with van der Waals surface area (Å²) in [5.74, 6) is -0.0966. The number of H-pyrrole nitrogens is 1. The number of aliphatic hydroxyl groups is 3. The quantitative estimate of drug-likeness (QED) is 0.371. The molecular weight excluding hydrogens is 270 g/mol. The van der Waals surface area contributed by atoms with Crippen LogP contribution in [0, 0.1) is 0 Å². The molecule has 2 aromatic heterocycles. The molecule has 2 aromatic rings. The second-order valence-corrected chi connectivity index (χ2v) is 5.00. The number of rotatable bonds is 1. The molecule has 3 heterocycles. The van der Waals surface area contributed by atoms with E-state index in [1.54, 1.807) is 0 Å². The molecule has 0 amide bonds. The van der Waals surface area contributed by atoms with Crippen molar-refractivity contribution in [2.75, 3.05) is 5.73 Å². The van der Waals surface area contributed by atoms with E-state index in [2.05, 4.69) is 15.0 Å². The van der Waals surface area contributed by atoms with Crippen molar-refractivity contribution < 1.29 is 20.1 Å². The maximum Gasteiger partial charge on any atom is 0.280 e. The molecule has 5 atom stereocenters. The van der Waals surface area contributed by atoms with Gasteiger partial charge in [0.15, 0.2) is 23.0 Å². The molecule has 0 spiro atoms. The normalized spacial score (nSPS) is 39.1. The van der Waals surface area contributed by atoms with Crippen molar-refractivity contribution in [3.05, 3.63) is 16.7 Å². The zero-order valence-corrected chi connectivity index (χ0v) is 9.96. The molecule has 2 fully saturated rings. The van der Waals surface area contributed by atoms with Gasteiger partial charge in [0.25, 0.3) is 5.56 Å². The number of aromatic amines is 1. The largest absolute Gasteiger partial charge is 0.387 e. The van der Waals surface area contributed by atoms with E-state index in [1.807, 2.05) is 0 Å². The molecule has 0 bridgehead atoms. The molecule has 106 valence electrons. The molecule has 1 saturated heterocycles. The molecule has 10 heteroatoms. The Kier molecular flexibility index (Phi) is 1.98. The Morgan fingerprint density at radius 3 is 2.85 bits per heavy atom. The van der Waals surface area contributed by atoms with Crippen molar-refractivity contribution in [1.29, 1.82) is 0 Å². The van der Waals surface area contributed by atoms with Gasteiger partial charge in [-0.3, -0.25) is 14.3 Å². The average Bonchev–Trinajstić information content (AvgIpc) is 2.74. The first-order valence-corrected chi connectivity index (χ1v) is 5.91. The van der Waals surface area contributed by atoms with Crippen LogP contribution >= 0.6 is 0 Å². The van der Waals surface area contributed by atoms with Gasteiger partial charge < -0.3 is 25.8 Å². The van der Waals surface area contributed by atoms with Crippen LogP contribution in [0.15, 0.2) is 11.1 Å². The number of aliphatic hydroxyl groups excluding tert-OH is 2. The van der Waals surface area contributed by atoms with Crippen LogP contribution in [0.5, 0.6) is 0 Å². The topological polar surface area (TPSA) is 160 Å². The smallest absolute Gasteiger partial charge is 0.280 e. The minimum absolute atomic E-state index is 0.0445. The van der Waals surface area contributed by atoms with E-state index in [0.29, 0.717) is 0 Å². The Morgan fingerprint density at radius 2 is 2.20 bits per heavy atom. The standard InChI is InChI=1S/C10H11N5O5/c11-9-13-6-2(7(18)14-9)12-1-15(6)8-4(17)10(19)3(16)5(10)20-8/h1,3-5,8,16-17,19H,(H3,11,13,14,18)/t3?,4?,5?,8-,10?/m1/s1. The molecule has 10 nitrogen and oxygen atoms in total. The number of imidazole rings is 1. The third-order valence-electron chi connectivity index (χ3n) is 3.86. The predicted molar refractivity (Wildman–Crippen MR) is 63.4 cm³/mol. The van der Waals surface area contributed by atoms with Crippen LogP contribution in [0.4, 0.5) is 5.95 Å². The molecule has 6 N–H and O–H groups in total. The first kappa shape index (κ1) is 11.8. The van der Waals surface area contributed by atoms with Gasteiger partial charge in [-0.05, 0) is 0 Å². The second kappa shape index (κ2) is 3.35. The lowest BCUT2D eigenvalue weighted by Crippen LogP contribution is -2.36. The fourth-order valence-electron chi connectivity index (χ4n) is 2.67. The van der Waals surface area contributed by atoms with Gasteiger partial charge in [0.2, 0.25) is 5.95 Å². The van der Waals surface area contributed by atoms with Gasteiger partial charge in [0.1, 0.15) is 18.3 Å². The predicted octanol–water partition coefficient (Wildman–Crippen LogP) is -2.93. The summed E-state index contributed by atoms with van der Waals surface area (Å²) in [7, 11) is 0. The number of ether oxygens (including phenoxy) is 1. The minimum Gasteiger partial charge on any atom is -0.387 e. The summed E-state index contributed by atoms with van der Waals surface area (Å²) in [6.45, 7) is 0. The Morgan fingerprint density at radius 1 is 1.45 bits per heavy atom. The molecule has 1 aliphatic heterocycles. The third-order valence-corrected chi connectivity index (χ3v) is 3.86. The number of hydrogen-bond donors (Lipinski definition) is 5. The summed E-state index contributed by atoms with van der Waals surface area (Å²) < 4.78 is 6.68. The van der Waals surface area contributed by atoms with Crippen molar-refractivity contribution >= 4 is 17.1 Å². The van der Waals surface area contributed by atoms with Crippen molar-refractivity contribution in [2.24, 2.45) is 0 Å². The van der Waals surface area contributed by atoms with Gasteiger partial charge in [-0.1, -0.05) is 0 Å². The monoisotopic (exact) mass is 281 g/mol. The number of nitrogens with two attached hydrogens (primary N) is 1. The lowest BCUT2D eigenvalue weighted by Gasteiger charge is -2.22. The molecular formula is C10H11N5O5. The van der Waals surface area contributed by atoms with E-state index in [0.717, 1.165) is 0 Å². The summed E-state index contributed by atoms with van der Waals surface area (Å²) in [6.07, 6.45) is -3.07. The number of anilines is 1. The highest BCUT2D eigenvalue weighted by atomic mass is 16.6. The van der Waals surface area contributed by atoms with Gasteiger partial charge >= 0.3 is 0 Å². The molecule has 1 saturated carbocycles. The molecule has 1 aliphatic carbocycles. The summed E-state index contributed by atoms with van der Waals surface area (Å²) >= 11 is 0. The number of nitrogens with one attached hydrogen (secondary N) is 1. The lowest BCUT2D eigenvalue weighted by atomic mass is 10.1. The number of nitrogen functional groups attached to an aromatic ring is 1. The van der Waals surface area contributed by atoms with Crippen molar-refractivity contribution in [3.8, 4) is 0 Å². The van der Waals surface area contributed by atoms with Crippen LogP contribution in [0.25, 0.3) is 11.2 Å². The van der Waals surface area contributed by atoms with Crippen LogP contribution in [-0.4, -0.2) is 58.8 Å². The van der Waals surface area contributed by atoms with E-state index in [4.69, 9.17) is 10.5 Å². The summed E-state index contributed by atoms with van der Waals surface area (Å²) in [4.78, 5) is 21.8.